The smallest absolute Gasteiger partial charge is 0.310 e. The quantitative estimate of drug-likeness (QED) is 0.641. The Labute approximate surface area is 136 Å². The lowest BCUT2D eigenvalue weighted by Gasteiger charge is -2.09. The summed E-state index contributed by atoms with van der Waals surface area (Å²) in [7, 11) is 0. The van der Waals surface area contributed by atoms with Crippen LogP contribution in [0, 0.1) is 27.2 Å². The summed E-state index contributed by atoms with van der Waals surface area (Å²) < 4.78 is 5.17. The van der Waals surface area contributed by atoms with Gasteiger partial charge < -0.3 is 10.1 Å². The second-order valence-electron chi connectivity index (χ2n) is 4.82. The average Bonchev–Trinajstić information content (AvgIpc) is 2.54. The molecule has 0 aromatic heterocycles. The Morgan fingerprint density at radius 3 is 2.46 bits per heavy atom. The molecule has 0 atom stereocenters. The minimum Gasteiger partial charge on any atom is -0.477 e. The molecule has 0 heterocycles. The van der Waals surface area contributed by atoms with Crippen LogP contribution in [-0.4, -0.2) is 22.4 Å². The number of para-hydroxylation sites is 2. The highest BCUT2D eigenvalue weighted by Crippen LogP contribution is 2.26. The van der Waals surface area contributed by atoms with Crippen molar-refractivity contribution < 1.29 is 19.4 Å². The number of ether oxygens (including phenoxy) is 1. The van der Waals surface area contributed by atoms with Crippen LogP contribution in [0.1, 0.15) is 5.56 Å². The van der Waals surface area contributed by atoms with Crippen LogP contribution < -0.4 is 10.1 Å². The molecule has 24 heavy (non-hydrogen) atoms. The molecule has 1 N–H and O–H groups in total. The van der Waals surface area contributed by atoms with Crippen LogP contribution in [-0.2, 0) is 4.79 Å². The van der Waals surface area contributed by atoms with E-state index in [-0.39, 0.29) is 17.1 Å². The van der Waals surface area contributed by atoms with E-state index in [1.807, 2.05) is 0 Å². The lowest BCUT2D eigenvalue weighted by atomic mass is 10.2. The zero-order chi connectivity index (χ0) is 17.7. The maximum absolute atomic E-state index is 11.9. The molecule has 0 unspecified atom stereocenters. The fraction of sp³-hybridized carbons (Fsp3) is 0.133. The van der Waals surface area contributed by atoms with Crippen molar-refractivity contribution in [2.75, 3.05) is 11.9 Å². The predicted molar refractivity (Wildman–Crippen MR) is 85.1 cm³/mol. The molecule has 0 aliphatic heterocycles. The third kappa shape index (κ3) is 4.03. The molecule has 124 valence electrons. The number of nitro groups is 2. The van der Waals surface area contributed by atoms with Crippen LogP contribution in [0.2, 0.25) is 0 Å². The number of rotatable bonds is 6. The van der Waals surface area contributed by atoms with E-state index in [0.29, 0.717) is 11.3 Å². The zero-order valence-corrected chi connectivity index (χ0v) is 12.6. The van der Waals surface area contributed by atoms with E-state index in [9.17, 15) is 25.0 Å². The molecule has 0 aliphatic rings. The summed E-state index contributed by atoms with van der Waals surface area (Å²) in [5.41, 5.74) is 0.596. The molecule has 0 aliphatic carbocycles. The van der Waals surface area contributed by atoms with Crippen LogP contribution >= 0.6 is 0 Å². The maximum atomic E-state index is 11.9. The molecule has 0 bridgehead atoms. The van der Waals surface area contributed by atoms with E-state index in [1.54, 1.807) is 13.0 Å². The molecule has 9 heteroatoms. The summed E-state index contributed by atoms with van der Waals surface area (Å²) in [6, 6.07) is 9.72. The molecule has 0 spiro atoms. The van der Waals surface area contributed by atoms with Crippen LogP contribution in [0.4, 0.5) is 17.1 Å². The number of hydrogen-bond donors (Lipinski definition) is 1. The standard InChI is InChI=1S/C15H13N3O6/c1-10-8-11(17(20)21)6-7-12(10)16-15(19)9-24-14-5-3-2-4-13(14)18(22)23/h2-8H,9H2,1H3,(H,16,19). The van der Waals surface area contributed by atoms with Gasteiger partial charge in [-0.1, -0.05) is 12.1 Å². The van der Waals surface area contributed by atoms with Gasteiger partial charge in [0.1, 0.15) is 0 Å². The normalized spacial score (nSPS) is 10.0. The van der Waals surface area contributed by atoms with Crippen LogP contribution in [0.3, 0.4) is 0 Å². The molecule has 2 rings (SSSR count). The van der Waals surface area contributed by atoms with Gasteiger partial charge in [0.05, 0.1) is 9.85 Å². The van der Waals surface area contributed by atoms with E-state index in [4.69, 9.17) is 4.74 Å². The van der Waals surface area contributed by atoms with Crippen molar-refractivity contribution in [2.24, 2.45) is 0 Å². The number of nitrogens with zero attached hydrogens (tertiary/aromatic N) is 2. The van der Waals surface area contributed by atoms with E-state index in [2.05, 4.69) is 5.32 Å². The minimum absolute atomic E-state index is 0.0157. The number of nitro benzene ring substituents is 2. The lowest BCUT2D eigenvalue weighted by Crippen LogP contribution is -2.21. The van der Waals surface area contributed by atoms with Gasteiger partial charge in [-0.3, -0.25) is 25.0 Å². The van der Waals surface area contributed by atoms with Gasteiger partial charge in [-0.25, -0.2) is 0 Å². The van der Waals surface area contributed by atoms with Crippen molar-refractivity contribution in [1.29, 1.82) is 0 Å². The van der Waals surface area contributed by atoms with E-state index in [0.717, 1.165) is 0 Å². The summed E-state index contributed by atoms with van der Waals surface area (Å²) in [6.07, 6.45) is 0. The molecule has 0 saturated heterocycles. The van der Waals surface area contributed by atoms with Gasteiger partial charge in [0.15, 0.2) is 12.4 Å². The Hall–Kier alpha value is -3.49. The number of benzene rings is 2. The lowest BCUT2D eigenvalue weighted by molar-refractivity contribution is -0.385. The van der Waals surface area contributed by atoms with Crippen LogP contribution in [0.5, 0.6) is 5.75 Å². The molecule has 2 aromatic carbocycles. The summed E-state index contributed by atoms with van der Waals surface area (Å²) in [5, 5.41) is 24.1. The highest BCUT2D eigenvalue weighted by atomic mass is 16.6. The highest BCUT2D eigenvalue weighted by Gasteiger charge is 2.15. The number of anilines is 1. The molecular weight excluding hydrogens is 318 g/mol. The molecule has 0 fully saturated rings. The molecule has 0 radical (unpaired) electrons. The van der Waals surface area contributed by atoms with Gasteiger partial charge in [-0.15, -0.1) is 0 Å². The number of hydrogen-bond acceptors (Lipinski definition) is 6. The molecule has 0 saturated carbocycles. The third-order valence-electron chi connectivity index (χ3n) is 3.12. The Morgan fingerprint density at radius 2 is 1.83 bits per heavy atom. The maximum Gasteiger partial charge on any atom is 0.310 e. The topological polar surface area (TPSA) is 125 Å². The molecular formula is C15H13N3O6. The first-order valence-corrected chi connectivity index (χ1v) is 6.79. The van der Waals surface area contributed by atoms with Crippen molar-refractivity contribution in [3.8, 4) is 5.75 Å². The van der Waals surface area contributed by atoms with Gasteiger partial charge >= 0.3 is 5.69 Å². The number of carbonyl (C=O) groups is 1. The Balaban J connectivity index is 2.02. The SMILES string of the molecule is Cc1cc([N+](=O)[O-])ccc1NC(=O)COc1ccccc1[N+](=O)[O-]. The van der Waals surface area contributed by atoms with Crippen molar-refractivity contribution in [3.63, 3.8) is 0 Å². The number of carbonyl (C=O) groups excluding carboxylic acids is 1. The van der Waals surface area contributed by atoms with Crippen molar-refractivity contribution in [3.05, 3.63) is 68.3 Å². The van der Waals surface area contributed by atoms with Crippen LogP contribution in [0.15, 0.2) is 42.5 Å². The Kier molecular flexibility index (Phi) is 5.05. The molecule has 1 amide bonds. The van der Waals surface area contributed by atoms with Gasteiger partial charge in [0, 0.05) is 23.9 Å². The van der Waals surface area contributed by atoms with E-state index in [1.165, 1.54) is 36.4 Å². The number of non-ortho nitro benzene ring substituents is 1. The number of amides is 1. The third-order valence-corrected chi connectivity index (χ3v) is 3.12. The fourth-order valence-corrected chi connectivity index (χ4v) is 1.96. The van der Waals surface area contributed by atoms with E-state index >= 15 is 0 Å². The number of aryl methyl sites for hydroxylation is 1. The summed E-state index contributed by atoms with van der Waals surface area (Å²) in [5.74, 6) is -0.553. The first-order valence-electron chi connectivity index (χ1n) is 6.79. The zero-order valence-electron chi connectivity index (χ0n) is 12.6. The van der Waals surface area contributed by atoms with Crippen molar-refractivity contribution in [1.82, 2.24) is 0 Å². The van der Waals surface area contributed by atoms with E-state index < -0.39 is 22.4 Å². The van der Waals surface area contributed by atoms with Gasteiger partial charge in [0.25, 0.3) is 11.6 Å². The second-order valence-corrected chi connectivity index (χ2v) is 4.82. The Morgan fingerprint density at radius 1 is 1.12 bits per heavy atom. The first kappa shape index (κ1) is 16.9. The van der Waals surface area contributed by atoms with Gasteiger partial charge in [0.2, 0.25) is 0 Å². The second kappa shape index (κ2) is 7.18. The van der Waals surface area contributed by atoms with Crippen molar-refractivity contribution in [2.45, 2.75) is 6.92 Å². The largest absolute Gasteiger partial charge is 0.477 e. The van der Waals surface area contributed by atoms with Crippen molar-refractivity contribution >= 4 is 23.0 Å². The number of nitrogens with one attached hydrogen (secondary N) is 1. The summed E-state index contributed by atoms with van der Waals surface area (Å²) >= 11 is 0. The molecule has 9 nitrogen and oxygen atoms in total. The van der Waals surface area contributed by atoms with Gasteiger partial charge in [-0.2, -0.15) is 0 Å². The Bertz CT molecular complexity index is 806. The minimum atomic E-state index is -0.603. The summed E-state index contributed by atoms with van der Waals surface area (Å²) in [4.78, 5) is 32.3. The molecule has 2 aromatic rings. The monoisotopic (exact) mass is 331 g/mol. The highest BCUT2D eigenvalue weighted by molar-refractivity contribution is 5.92. The van der Waals surface area contributed by atoms with Gasteiger partial charge in [-0.05, 0) is 24.6 Å². The predicted octanol–water partition coefficient (Wildman–Crippen LogP) is 2.83. The van der Waals surface area contributed by atoms with Crippen LogP contribution in [0.25, 0.3) is 0 Å². The first-order chi connectivity index (χ1) is 11.4. The summed E-state index contributed by atoms with van der Waals surface area (Å²) in [6.45, 7) is 1.19. The average molecular weight is 331 g/mol. The fourth-order valence-electron chi connectivity index (χ4n) is 1.96.